The minimum absolute atomic E-state index is 0.847. The molecule has 11 rings (SSSR count). The quantitative estimate of drug-likeness (QED) is 0.192. The number of hydrogen-bond donors (Lipinski definition) is 0. The van der Waals surface area contributed by atoms with E-state index in [4.69, 9.17) is 8.83 Å². The van der Waals surface area contributed by atoms with Crippen molar-refractivity contribution in [2.24, 2.45) is 0 Å². The van der Waals surface area contributed by atoms with Gasteiger partial charge in [-0.25, -0.2) is 0 Å². The summed E-state index contributed by atoms with van der Waals surface area (Å²) in [7, 11) is 0. The van der Waals surface area contributed by atoms with Crippen LogP contribution in [0.25, 0.3) is 82.1 Å². The second-order valence-corrected chi connectivity index (χ2v) is 12.9. The molecule has 0 radical (unpaired) electrons. The van der Waals surface area contributed by atoms with E-state index in [-0.39, 0.29) is 0 Å². The van der Waals surface area contributed by atoms with Gasteiger partial charge >= 0.3 is 0 Å². The van der Waals surface area contributed by atoms with Crippen LogP contribution in [0.5, 0.6) is 0 Å². The predicted molar refractivity (Wildman–Crippen MR) is 208 cm³/mol. The number of aromatic nitrogens is 1. The maximum atomic E-state index is 6.74. The number of anilines is 3. The Kier molecular flexibility index (Phi) is 5.63. The van der Waals surface area contributed by atoms with Crippen molar-refractivity contribution in [1.29, 1.82) is 0 Å². The number of nitrogens with zero attached hydrogens (tertiary/aromatic N) is 2. The van der Waals surface area contributed by atoms with Crippen LogP contribution in [0.2, 0.25) is 0 Å². The van der Waals surface area contributed by atoms with Crippen molar-refractivity contribution >= 4 is 93.5 Å². The van der Waals surface area contributed by atoms with Crippen LogP contribution < -0.4 is 4.90 Å². The van der Waals surface area contributed by atoms with Crippen molar-refractivity contribution in [2.75, 3.05) is 4.90 Å². The third-order valence-corrected chi connectivity index (χ3v) is 10.2. The molecule has 0 aliphatic carbocycles. The van der Waals surface area contributed by atoms with Crippen LogP contribution in [0, 0.1) is 0 Å². The van der Waals surface area contributed by atoms with E-state index in [0.717, 1.165) is 88.4 Å². The normalized spacial score (nSPS) is 12.0. The molecule has 0 aliphatic heterocycles. The summed E-state index contributed by atoms with van der Waals surface area (Å²) in [6.45, 7) is 0. The lowest BCUT2D eigenvalue weighted by atomic mass is 10.0. The number of fused-ring (bicyclic) bond motifs is 11. The summed E-state index contributed by atoms with van der Waals surface area (Å²) in [6.07, 6.45) is 0. The molecule has 4 nitrogen and oxygen atoms in total. The van der Waals surface area contributed by atoms with E-state index in [0.29, 0.717) is 0 Å². The lowest BCUT2D eigenvalue weighted by Gasteiger charge is -2.28. The first kappa shape index (κ1) is 27.2. The summed E-state index contributed by atoms with van der Waals surface area (Å²) in [6, 6.07) is 60.0. The molecule has 11 aromatic rings. The molecule has 0 amide bonds. The standard InChI is InChI=1S/C46H28N2O2/c1-2-13-29(14-3-1)47-38-20-7-4-17-36(38)44-39(47)22-12-23-40(44)48(41-24-11-19-34-31-15-5-9-26-43(31)50-46(34)41)37-21-10-18-33-30(37)27-28-35-32-16-6-8-25-42(32)49-45(33)35/h1-28H. The second-order valence-electron chi connectivity index (χ2n) is 12.9. The molecule has 0 atom stereocenters. The Morgan fingerprint density at radius 1 is 0.340 bits per heavy atom. The van der Waals surface area contributed by atoms with Crippen molar-refractivity contribution in [3.8, 4) is 5.69 Å². The van der Waals surface area contributed by atoms with E-state index in [1.165, 1.54) is 10.8 Å². The number of rotatable bonds is 4. The summed E-state index contributed by atoms with van der Waals surface area (Å²) in [5, 5.41) is 8.94. The first-order valence-corrected chi connectivity index (χ1v) is 16.9. The highest BCUT2D eigenvalue weighted by atomic mass is 16.3. The molecule has 0 unspecified atom stereocenters. The van der Waals surface area contributed by atoms with Crippen molar-refractivity contribution in [3.05, 3.63) is 170 Å². The molecule has 0 bridgehead atoms. The van der Waals surface area contributed by atoms with E-state index >= 15 is 0 Å². The summed E-state index contributed by atoms with van der Waals surface area (Å²) in [4.78, 5) is 2.39. The summed E-state index contributed by atoms with van der Waals surface area (Å²) in [5.74, 6) is 0. The van der Waals surface area contributed by atoms with Gasteiger partial charge in [0, 0.05) is 48.8 Å². The average Bonchev–Trinajstić information content (AvgIpc) is 3.86. The Bertz CT molecular complexity index is 3110. The molecule has 0 saturated carbocycles. The van der Waals surface area contributed by atoms with Crippen LogP contribution in [-0.4, -0.2) is 4.57 Å². The number of hydrogen-bond acceptors (Lipinski definition) is 3. The maximum Gasteiger partial charge on any atom is 0.159 e. The lowest BCUT2D eigenvalue weighted by molar-refractivity contribution is 0.669. The zero-order valence-electron chi connectivity index (χ0n) is 26.9. The topological polar surface area (TPSA) is 34.5 Å². The Balaban J connectivity index is 1.29. The highest BCUT2D eigenvalue weighted by molar-refractivity contribution is 6.22. The van der Waals surface area contributed by atoms with Gasteiger partial charge in [0.25, 0.3) is 0 Å². The third kappa shape index (κ3) is 3.76. The molecule has 50 heavy (non-hydrogen) atoms. The number of furan rings is 2. The minimum atomic E-state index is 0.847. The summed E-state index contributed by atoms with van der Waals surface area (Å²) >= 11 is 0. The van der Waals surface area contributed by atoms with Crippen molar-refractivity contribution < 1.29 is 8.83 Å². The van der Waals surface area contributed by atoms with Crippen LogP contribution in [-0.2, 0) is 0 Å². The molecule has 3 aromatic heterocycles. The monoisotopic (exact) mass is 640 g/mol. The first-order chi connectivity index (χ1) is 24.8. The Morgan fingerprint density at radius 3 is 1.64 bits per heavy atom. The SMILES string of the molecule is c1ccc(-n2c3ccccc3c3c(N(c4cccc5c4ccc4c6ccccc6oc54)c4cccc5c4oc4ccccc45)cccc32)cc1. The van der Waals surface area contributed by atoms with Gasteiger partial charge < -0.3 is 18.3 Å². The van der Waals surface area contributed by atoms with Crippen LogP contribution in [0.3, 0.4) is 0 Å². The molecule has 8 aromatic carbocycles. The van der Waals surface area contributed by atoms with E-state index < -0.39 is 0 Å². The fourth-order valence-electron chi connectivity index (χ4n) is 8.06. The Hall–Kier alpha value is -6.78. The molecular formula is C46H28N2O2. The van der Waals surface area contributed by atoms with Gasteiger partial charge in [0.2, 0.25) is 0 Å². The zero-order valence-corrected chi connectivity index (χ0v) is 26.9. The zero-order chi connectivity index (χ0) is 32.8. The van der Waals surface area contributed by atoms with E-state index in [2.05, 4.69) is 155 Å². The fraction of sp³-hybridized carbons (Fsp3) is 0. The van der Waals surface area contributed by atoms with Gasteiger partial charge in [0.1, 0.15) is 16.7 Å². The minimum Gasteiger partial charge on any atom is -0.455 e. The lowest BCUT2D eigenvalue weighted by Crippen LogP contribution is -2.11. The Morgan fingerprint density at radius 2 is 0.860 bits per heavy atom. The fourth-order valence-corrected chi connectivity index (χ4v) is 8.06. The largest absolute Gasteiger partial charge is 0.455 e. The molecule has 4 heteroatoms. The van der Waals surface area contributed by atoms with E-state index in [9.17, 15) is 0 Å². The molecule has 234 valence electrons. The molecule has 0 saturated heterocycles. The number of benzene rings is 8. The molecule has 0 aliphatic rings. The van der Waals surface area contributed by atoms with E-state index in [1.807, 2.05) is 24.3 Å². The molecular weight excluding hydrogens is 613 g/mol. The van der Waals surface area contributed by atoms with Crippen LogP contribution >= 0.6 is 0 Å². The second kappa shape index (κ2) is 10.4. The molecule has 3 heterocycles. The maximum absolute atomic E-state index is 6.74. The smallest absolute Gasteiger partial charge is 0.159 e. The summed E-state index contributed by atoms with van der Waals surface area (Å²) in [5.41, 5.74) is 10.0. The van der Waals surface area contributed by atoms with Gasteiger partial charge in [-0.05, 0) is 60.7 Å². The predicted octanol–water partition coefficient (Wildman–Crippen LogP) is 13.2. The Labute approximate surface area is 286 Å². The van der Waals surface area contributed by atoms with Gasteiger partial charge in [0.05, 0.1) is 28.1 Å². The summed E-state index contributed by atoms with van der Waals surface area (Å²) < 4.78 is 15.7. The van der Waals surface area contributed by atoms with Gasteiger partial charge in [-0.1, -0.05) is 109 Å². The van der Waals surface area contributed by atoms with Crippen molar-refractivity contribution in [2.45, 2.75) is 0 Å². The van der Waals surface area contributed by atoms with Crippen LogP contribution in [0.15, 0.2) is 179 Å². The van der Waals surface area contributed by atoms with Crippen molar-refractivity contribution in [3.63, 3.8) is 0 Å². The van der Waals surface area contributed by atoms with E-state index in [1.54, 1.807) is 0 Å². The molecule has 0 N–H and O–H groups in total. The highest BCUT2D eigenvalue weighted by Crippen LogP contribution is 2.49. The van der Waals surface area contributed by atoms with Gasteiger partial charge in [-0.2, -0.15) is 0 Å². The highest BCUT2D eigenvalue weighted by Gasteiger charge is 2.25. The molecule has 0 spiro atoms. The average molecular weight is 641 g/mol. The van der Waals surface area contributed by atoms with Gasteiger partial charge in [-0.3, -0.25) is 0 Å². The van der Waals surface area contributed by atoms with Gasteiger partial charge in [-0.15, -0.1) is 0 Å². The molecule has 0 fully saturated rings. The van der Waals surface area contributed by atoms with Gasteiger partial charge in [0.15, 0.2) is 5.58 Å². The van der Waals surface area contributed by atoms with Crippen LogP contribution in [0.4, 0.5) is 17.1 Å². The van der Waals surface area contributed by atoms with Crippen molar-refractivity contribution in [1.82, 2.24) is 4.57 Å². The van der Waals surface area contributed by atoms with Crippen LogP contribution in [0.1, 0.15) is 0 Å². The third-order valence-electron chi connectivity index (χ3n) is 10.2. The number of para-hydroxylation sites is 5. The first-order valence-electron chi connectivity index (χ1n) is 16.9.